The van der Waals surface area contributed by atoms with Crippen LogP contribution in [0, 0.1) is 0 Å². The van der Waals surface area contributed by atoms with Crippen molar-refractivity contribution in [2.75, 3.05) is 5.73 Å². The van der Waals surface area contributed by atoms with E-state index in [4.69, 9.17) is 22.1 Å². The summed E-state index contributed by atoms with van der Waals surface area (Å²) in [4.78, 5) is 0. The second-order valence-corrected chi connectivity index (χ2v) is 4.87. The van der Waals surface area contributed by atoms with Crippen LogP contribution in [0.15, 0.2) is 24.3 Å². The zero-order valence-electron chi connectivity index (χ0n) is 9.26. The fourth-order valence-electron chi connectivity index (χ4n) is 1.38. The number of nitrogens with two attached hydrogens (primary N) is 1. The Morgan fingerprint density at radius 1 is 1.41 bits per heavy atom. The highest BCUT2D eigenvalue weighted by Gasteiger charge is 2.17. The number of hydrogen-bond acceptors (Lipinski definition) is 5. The number of nitrogen functional groups attached to an aromatic ring is 1. The van der Waals surface area contributed by atoms with Gasteiger partial charge in [-0.15, -0.1) is 10.2 Å². The zero-order chi connectivity index (χ0) is 12.3. The van der Waals surface area contributed by atoms with Crippen molar-refractivity contribution < 1.29 is 4.74 Å². The summed E-state index contributed by atoms with van der Waals surface area (Å²) < 4.78 is 5.81. The van der Waals surface area contributed by atoms with Crippen LogP contribution in [0.1, 0.15) is 24.5 Å². The first kappa shape index (κ1) is 12.1. The third kappa shape index (κ3) is 2.87. The van der Waals surface area contributed by atoms with E-state index in [2.05, 4.69) is 10.2 Å². The fraction of sp³-hybridized carbons (Fsp3) is 0.273. The highest BCUT2D eigenvalue weighted by Crippen LogP contribution is 2.31. The minimum Gasteiger partial charge on any atom is -0.482 e. The van der Waals surface area contributed by atoms with Crippen LogP contribution in [0.4, 0.5) is 5.13 Å². The van der Waals surface area contributed by atoms with Crippen LogP contribution in [-0.2, 0) is 0 Å². The van der Waals surface area contributed by atoms with Crippen molar-refractivity contribution in [3.05, 3.63) is 34.3 Å². The van der Waals surface area contributed by atoms with E-state index >= 15 is 0 Å². The van der Waals surface area contributed by atoms with Crippen molar-refractivity contribution in [3.63, 3.8) is 0 Å². The van der Waals surface area contributed by atoms with E-state index in [0.717, 1.165) is 11.4 Å². The maximum atomic E-state index is 6.04. The number of benzene rings is 1. The van der Waals surface area contributed by atoms with Crippen LogP contribution in [-0.4, -0.2) is 10.2 Å². The molecular weight excluding hydrogens is 258 g/mol. The summed E-state index contributed by atoms with van der Waals surface area (Å²) in [6.07, 6.45) is 0.615. The van der Waals surface area contributed by atoms with Gasteiger partial charge in [0.05, 0.1) is 5.02 Å². The van der Waals surface area contributed by atoms with Gasteiger partial charge in [-0.25, -0.2) is 0 Å². The highest BCUT2D eigenvalue weighted by atomic mass is 35.5. The lowest BCUT2D eigenvalue weighted by molar-refractivity contribution is 0.200. The Labute approximate surface area is 108 Å². The first-order valence-electron chi connectivity index (χ1n) is 5.20. The third-order valence-electron chi connectivity index (χ3n) is 2.21. The molecule has 1 aromatic heterocycles. The smallest absolute Gasteiger partial charge is 0.203 e. The van der Waals surface area contributed by atoms with Gasteiger partial charge in [0, 0.05) is 0 Å². The highest BCUT2D eigenvalue weighted by molar-refractivity contribution is 7.15. The average Bonchev–Trinajstić information content (AvgIpc) is 2.75. The lowest BCUT2D eigenvalue weighted by Gasteiger charge is -2.15. The van der Waals surface area contributed by atoms with E-state index in [1.807, 2.05) is 25.1 Å². The molecule has 0 saturated carbocycles. The van der Waals surface area contributed by atoms with Crippen molar-refractivity contribution in [3.8, 4) is 5.75 Å². The van der Waals surface area contributed by atoms with Crippen LogP contribution in [0.25, 0.3) is 0 Å². The summed E-state index contributed by atoms with van der Waals surface area (Å²) in [5, 5.41) is 9.57. The monoisotopic (exact) mass is 269 g/mol. The van der Waals surface area contributed by atoms with Crippen LogP contribution < -0.4 is 10.5 Å². The fourth-order valence-corrected chi connectivity index (χ4v) is 2.28. The molecule has 2 aromatic rings. The van der Waals surface area contributed by atoms with Crippen LogP contribution in [0.3, 0.4) is 0 Å². The van der Waals surface area contributed by atoms with Crippen molar-refractivity contribution in [1.29, 1.82) is 0 Å². The van der Waals surface area contributed by atoms with Gasteiger partial charge in [0.15, 0.2) is 11.1 Å². The first-order valence-corrected chi connectivity index (χ1v) is 6.40. The second-order valence-electron chi connectivity index (χ2n) is 3.42. The quantitative estimate of drug-likeness (QED) is 0.925. The molecule has 0 spiro atoms. The molecule has 1 heterocycles. The summed E-state index contributed by atoms with van der Waals surface area (Å²) in [5.41, 5.74) is 5.56. The van der Waals surface area contributed by atoms with Gasteiger partial charge in [-0.2, -0.15) is 0 Å². The van der Waals surface area contributed by atoms with Gasteiger partial charge in [-0.05, 0) is 18.6 Å². The van der Waals surface area contributed by atoms with E-state index in [-0.39, 0.29) is 6.10 Å². The van der Waals surface area contributed by atoms with Gasteiger partial charge in [0.1, 0.15) is 5.75 Å². The Balaban J connectivity index is 2.18. The van der Waals surface area contributed by atoms with Crippen LogP contribution in [0.5, 0.6) is 5.75 Å². The molecule has 90 valence electrons. The molecule has 0 amide bonds. The minimum absolute atomic E-state index is 0.162. The Hall–Kier alpha value is -1.33. The molecule has 6 heteroatoms. The van der Waals surface area contributed by atoms with Crippen LogP contribution >= 0.6 is 22.9 Å². The Bertz CT molecular complexity index is 503. The van der Waals surface area contributed by atoms with E-state index in [1.165, 1.54) is 11.3 Å². The molecule has 1 aromatic carbocycles. The van der Waals surface area contributed by atoms with Crippen molar-refractivity contribution in [2.24, 2.45) is 0 Å². The predicted molar refractivity (Wildman–Crippen MR) is 69.4 cm³/mol. The Kier molecular flexibility index (Phi) is 3.81. The molecule has 0 radical (unpaired) electrons. The average molecular weight is 270 g/mol. The molecule has 0 saturated heterocycles. The molecule has 1 atom stereocenters. The molecule has 0 aliphatic heterocycles. The Morgan fingerprint density at radius 3 is 2.76 bits per heavy atom. The number of para-hydroxylation sites is 1. The summed E-state index contributed by atoms with van der Waals surface area (Å²) in [5.74, 6) is 0.648. The number of rotatable bonds is 4. The molecule has 0 bridgehead atoms. The molecule has 1 unspecified atom stereocenters. The number of hydrogen-bond donors (Lipinski definition) is 1. The molecule has 17 heavy (non-hydrogen) atoms. The van der Waals surface area contributed by atoms with Crippen molar-refractivity contribution in [1.82, 2.24) is 10.2 Å². The molecule has 4 nitrogen and oxygen atoms in total. The number of halogens is 1. The normalized spacial score (nSPS) is 12.4. The topological polar surface area (TPSA) is 61.0 Å². The molecule has 2 rings (SSSR count). The number of ether oxygens (including phenoxy) is 1. The van der Waals surface area contributed by atoms with Gasteiger partial charge >= 0.3 is 0 Å². The predicted octanol–water partition coefficient (Wildman–Crippen LogP) is 3.30. The van der Waals surface area contributed by atoms with Gasteiger partial charge < -0.3 is 10.5 Å². The molecule has 0 fully saturated rings. The second kappa shape index (κ2) is 5.33. The third-order valence-corrected chi connectivity index (χ3v) is 3.37. The van der Waals surface area contributed by atoms with E-state index in [1.54, 1.807) is 6.07 Å². The van der Waals surface area contributed by atoms with Gasteiger partial charge in [0.2, 0.25) is 5.13 Å². The largest absolute Gasteiger partial charge is 0.482 e. The molecular formula is C11H12ClN3OS. The summed E-state index contributed by atoms with van der Waals surface area (Å²) in [6.45, 7) is 2.01. The number of nitrogens with zero attached hydrogens (tertiary/aromatic N) is 2. The van der Waals surface area contributed by atoms with E-state index in [0.29, 0.717) is 15.9 Å². The Morgan fingerprint density at radius 2 is 2.18 bits per heavy atom. The maximum absolute atomic E-state index is 6.04. The maximum Gasteiger partial charge on any atom is 0.203 e. The SMILES string of the molecule is CCC(Oc1ccccc1Cl)c1nnc(N)s1. The molecule has 2 N–H and O–H groups in total. The number of aromatic nitrogens is 2. The summed E-state index contributed by atoms with van der Waals surface area (Å²) >= 11 is 7.37. The summed E-state index contributed by atoms with van der Waals surface area (Å²) in [7, 11) is 0. The van der Waals surface area contributed by atoms with Gasteiger partial charge in [0.25, 0.3) is 0 Å². The van der Waals surface area contributed by atoms with Crippen LogP contribution in [0.2, 0.25) is 5.02 Å². The lowest BCUT2D eigenvalue weighted by atomic mass is 10.3. The van der Waals surface area contributed by atoms with E-state index < -0.39 is 0 Å². The lowest BCUT2D eigenvalue weighted by Crippen LogP contribution is -2.06. The van der Waals surface area contributed by atoms with Crippen molar-refractivity contribution >= 4 is 28.1 Å². The summed E-state index contributed by atoms with van der Waals surface area (Å²) in [6, 6.07) is 7.36. The first-order chi connectivity index (χ1) is 8.20. The number of anilines is 1. The standard InChI is InChI=1S/C11H12ClN3OS/c1-2-8(10-14-15-11(13)17-10)16-9-6-4-3-5-7(9)12/h3-6,8H,2H2,1H3,(H2,13,15). The van der Waals surface area contributed by atoms with E-state index in [9.17, 15) is 0 Å². The molecule has 0 aliphatic rings. The molecule has 0 aliphatic carbocycles. The van der Waals surface area contributed by atoms with Gasteiger partial charge in [-0.3, -0.25) is 0 Å². The van der Waals surface area contributed by atoms with Gasteiger partial charge in [-0.1, -0.05) is 42.0 Å². The minimum atomic E-state index is -0.162. The van der Waals surface area contributed by atoms with Crippen molar-refractivity contribution in [2.45, 2.75) is 19.4 Å². The zero-order valence-corrected chi connectivity index (χ0v) is 10.8.